The second kappa shape index (κ2) is 6.60. The van der Waals surface area contributed by atoms with Crippen LogP contribution in [-0.4, -0.2) is 17.6 Å². The summed E-state index contributed by atoms with van der Waals surface area (Å²) in [4.78, 5) is 11.9. The van der Waals surface area contributed by atoms with E-state index in [0.717, 1.165) is 24.4 Å². The van der Waals surface area contributed by atoms with Gasteiger partial charge in [0.1, 0.15) is 5.75 Å². The average Bonchev–Trinajstić information content (AvgIpc) is 2.91. The number of phenols is 1. The highest BCUT2D eigenvalue weighted by atomic mass is 16.3. The molecule has 0 radical (unpaired) electrons. The molecule has 2 N–H and O–H groups in total. The number of carbonyl (C=O) groups is 1. The third-order valence-electron chi connectivity index (χ3n) is 4.02. The van der Waals surface area contributed by atoms with E-state index in [1.54, 1.807) is 12.1 Å². The highest BCUT2D eigenvalue weighted by Gasteiger charge is 2.14. The minimum absolute atomic E-state index is 0.0956. The number of carbonyl (C=O) groups excluding carboxylic acids is 1. The van der Waals surface area contributed by atoms with E-state index in [2.05, 4.69) is 5.32 Å². The zero-order chi connectivity index (χ0) is 13.7. The lowest BCUT2D eigenvalue weighted by molar-refractivity contribution is 0.0952. The molecule has 0 bridgehead atoms. The highest BCUT2D eigenvalue weighted by molar-refractivity contribution is 5.94. The number of hydrogen-bond donors (Lipinski definition) is 2. The number of rotatable bonds is 5. The Bertz CT molecular complexity index is 436. The van der Waals surface area contributed by atoms with Crippen molar-refractivity contribution in [1.82, 2.24) is 5.32 Å². The zero-order valence-corrected chi connectivity index (χ0v) is 11.6. The minimum Gasteiger partial charge on any atom is -0.508 e. The maximum atomic E-state index is 11.9. The Morgan fingerprint density at radius 1 is 1.37 bits per heavy atom. The summed E-state index contributed by atoms with van der Waals surface area (Å²) < 4.78 is 0. The Morgan fingerprint density at radius 3 is 2.79 bits per heavy atom. The quantitative estimate of drug-likeness (QED) is 0.798. The monoisotopic (exact) mass is 261 g/mol. The van der Waals surface area contributed by atoms with Crippen LogP contribution in [0.1, 0.15) is 54.4 Å². The third kappa shape index (κ3) is 3.98. The van der Waals surface area contributed by atoms with Gasteiger partial charge in [-0.25, -0.2) is 0 Å². The van der Waals surface area contributed by atoms with Gasteiger partial charge in [-0.2, -0.15) is 0 Å². The molecule has 1 fully saturated rings. The van der Waals surface area contributed by atoms with Crippen molar-refractivity contribution in [1.29, 1.82) is 0 Å². The zero-order valence-electron chi connectivity index (χ0n) is 11.6. The number of hydrogen-bond acceptors (Lipinski definition) is 2. The van der Waals surface area contributed by atoms with Gasteiger partial charge in [0.25, 0.3) is 5.91 Å². The van der Waals surface area contributed by atoms with Crippen LogP contribution in [0.5, 0.6) is 5.75 Å². The van der Waals surface area contributed by atoms with E-state index in [4.69, 9.17) is 0 Å². The molecule has 0 aliphatic heterocycles. The number of aryl methyl sites for hydroxylation is 1. The molecular formula is C16H23NO2. The van der Waals surface area contributed by atoms with Crippen molar-refractivity contribution in [2.75, 3.05) is 6.54 Å². The molecule has 1 amide bonds. The lowest BCUT2D eigenvalue weighted by Crippen LogP contribution is -2.24. The summed E-state index contributed by atoms with van der Waals surface area (Å²) in [5.41, 5.74) is 1.32. The van der Waals surface area contributed by atoms with Crippen LogP contribution in [0.3, 0.4) is 0 Å². The molecule has 19 heavy (non-hydrogen) atoms. The standard InChI is InChI=1S/C16H23NO2/c1-12-8-9-14(11-15(12)18)16(19)17-10-4-7-13-5-2-3-6-13/h8-9,11,13,18H,2-7,10H2,1H3,(H,17,19). The van der Waals surface area contributed by atoms with Crippen LogP contribution < -0.4 is 5.32 Å². The van der Waals surface area contributed by atoms with Crippen LogP contribution in [0.25, 0.3) is 0 Å². The number of benzene rings is 1. The van der Waals surface area contributed by atoms with Gasteiger partial charge in [0.15, 0.2) is 0 Å². The minimum atomic E-state index is -0.0956. The van der Waals surface area contributed by atoms with Crippen LogP contribution in [0.15, 0.2) is 18.2 Å². The number of aromatic hydroxyl groups is 1. The van der Waals surface area contributed by atoms with Crippen LogP contribution in [-0.2, 0) is 0 Å². The van der Waals surface area contributed by atoms with Crippen molar-refractivity contribution < 1.29 is 9.90 Å². The van der Waals surface area contributed by atoms with Crippen LogP contribution in [0.2, 0.25) is 0 Å². The summed E-state index contributed by atoms with van der Waals surface area (Å²) >= 11 is 0. The molecule has 1 aliphatic rings. The van der Waals surface area contributed by atoms with Crippen molar-refractivity contribution in [3.05, 3.63) is 29.3 Å². The van der Waals surface area contributed by atoms with Gasteiger partial charge in [-0.05, 0) is 43.4 Å². The van der Waals surface area contributed by atoms with Gasteiger partial charge in [0.2, 0.25) is 0 Å². The number of amides is 1. The Kier molecular flexibility index (Phi) is 4.83. The van der Waals surface area contributed by atoms with Gasteiger partial charge in [0, 0.05) is 12.1 Å². The van der Waals surface area contributed by atoms with E-state index in [0.29, 0.717) is 5.56 Å². The fraction of sp³-hybridized carbons (Fsp3) is 0.562. The first kappa shape index (κ1) is 13.9. The predicted molar refractivity (Wildman–Crippen MR) is 76.4 cm³/mol. The van der Waals surface area contributed by atoms with E-state index in [-0.39, 0.29) is 11.7 Å². The fourth-order valence-electron chi connectivity index (χ4n) is 2.74. The summed E-state index contributed by atoms with van der Waals surface area (Å²) in [7, 11) is 0. The normalized spacial score (nSPS) is 15.6. The molecule has 1 aliphatic carbocycles. The van der Waals surface area contributed by atoms with E-state index >= 15 is 0 Å². The van der Waals surface area contributed by atoms with Crippen molar-refractivity contribution in [3.8, 4) is 5.75 Å². The largest absolute Gasteiger partial charge is 0.508 e. The molecule has 1 aromatic carbocycles. The maximum absolute atomic E-state index is 11.9. The molecule has 0 heterocycles. The lowest BCUT2D eigenvalue weighted by atomic mass is 10.0. The van der Waals surface area contributed by atoms with E-state index in [1.165, 1.54) is 38.2 Å². The topological polar surface area (TPSA) is 49.3 Å². The van der Waals surface area contributed by atoms with Crippen molar-refractivity contribution in [2.24, 2.45) is 5.92 Å². The Morgan fingerprint density at radius 2 is 2.11 bits per heavy atom. The number of nitrogens with one attached hydrogen (secondary N) is 1. The average molecular weight is 261 g/mol. The summed E-state index contributed by atoms with van der Waals surface area (Å²) in [6.45, 7) is 2.54. The second-order valence-corrected chi connectivity index (χ2v) is 5.55. The molecule has 104 valence electrons. The molecule has 0 spiro atoms. The molecule has 1 saturated carbocycles. The molecule has 3 heteroatoms. The van der Waals surface area contributed by atoms with Gasteiger partial charge in [-0.1, -0.05) is 31.7 Å². The molecule has 3 nitrogen and oxygen atoms in total. The van der Waals surface area contributed by atoms with Gasteiger partial charge in [0.05, 0.1) is 0 Å². The second-order valence-electron chi connectivity index (χ2n) is 5.55. The third-order valence-corrected chi connectivity index (χ3v) is 4.02. The van der Waals surface area contributed by atoms with E-state index in [9.17, 15) is 9.90 Å². The van der Waals surface area contributed by atoms with Crippen LogP contribution in [0, 0.1) is 12.8 Å². The summed E-state index contributed by atoms with van der Waals surface area (Å²) in [6, 6.07) is 5.05. The van der Waals surface area contributed by atoms with Gasteiger partial charge >= 0.3 is 0 Å². The van der Waals surface area contributed by atoms with Crippen molar-refractivity contribution in [2.45, 2.75) is 45.4 Å². The molecule has 0 unspecified atom stereocenters. The molecule has 0 saturated heterocycles. The SMILES string of the molecule is Cc1ccc(C(=O)NCCCC2CCCC2)cc1O. The summed E-state index contributed by atoms with van der Waals surface area (Å²) in [6.07, 6.45) is 7.74. The van der Waals surface area contributed by atoms with Crippen molar-refractivity contribution >= 4 is 5.91 Å². The maximum Gasteiger partial charge on any atom is 0.251 e. The predicted octanol–water partition coefficient (Wildman–Crippen LogP) is 3.40. The first-order valence-electron chi connectivity index (χ1n) is 7.24. The lowest BCUT2D eigenvalue weighted by Gasteiger charge is -2.09. The Labute approximate surface area is 115 Å². The highest BCUT2D eigenvalue weighted by Crippen LogP contribution is 2.28. The fourth-order valence-corrected chi connectivity index (χ4v) is 2.74. The van der Waals surface area contributed by atoms with E-state index < -0.39 is 0 Å². The molecule has 1 aromatic rings. The van der Waals surface area contributed by atoms with Gasteiger partial charge < -0.3 is 10.4 Å². The van der Waals surface area contributed by atoms with Gasteiger partial charge in [-0.15, -0.1) is 0 Å². The molecule has 2 rings (SSSR count). The smallest absolute Gasteiger partial charge is 0.251 e. The Hall–Kier alpha value is -1.51. The van der Waals surface area contributed by atoms with Crippen LogP contribution >= 0.6 is 0 Å². The molecule has 0 atom stereocenters. The molecular weight excluding hydrogens is 238 g/mol. The Balaban J connectivity index is 1.72. The molecule has 0 aromatic heterocycles. The van der Waals surface area contributed by atoms with Gasteiger partial charge in [-0.3, -0.25) is 4.79 Å². The summed E-state index contributed by atoms with van der Waals surface area (Å²) in [5, 5.41) is 12.5. The summed E-state index contributed by atoms with van der Waals surface area (Å²) in [5.74, 6) is 0.959. The number of phenolic OH excluding ortho intramolecular Hbond substituents is 1. The first-order valence-corrected chi connectivity index (χ1v) is 7.24. The van der Waals surface area contributed by atoms with Crippen LogP contribution in [0.4, 0.5) is 0 Å². The van der Waals surface area contributed by atoms with E-state index in [1.807, 2.05) is 6.92 Å². The van der Waals surface area contributed by atoms with Crippen molar-refractivity contribution in [3.63, 3.8) is 0 Å². The first-order chi connectivity index (χ1) is 9.16.